The summed E-state index contributed by atoms with van der Waals surface area (Å²) in [6, 6.07) is 9.43. The van der Waals surface area contributed by atoms with Crippen molar-refractivity contribution in [2.45, 2.75) is 209 Å². The molecular weight excluding hydrogens is 735 g/mol. The van der Waals surface area contributed by atoms with Gasteiger partial charge in [-0.3, -0.25) is 0 Å². The summed E-state index contributed by atoms with van der Waals surface area (Å²) < 4.78 is 1.57. The van der Waals surface area contributed by atoms with Crippen LogP contribution in [0.4, 0.5) is 0 Å². The molecule has 1 aliphatic heterocycles. The molecule has 3 heteroatoms. The van der Waals surface area contributed by atoms with E-state index in [9.17, 15) is 5.53 Å². The summed E-state index contributed by atoms with van der Waals surface area (Å²) in [6.07, 6.45) is 31.2. The minimum atomic E-state index is 0. The fourth-order valence-electron chi connectivity index (χ4n) is 8.49. The maximum atomic E-state index is 12.1. The molecular formula is C50H82N2Pd. The summed E-state index contributed by atoms with van der Waals surface area (Å²) in [5.74, 6) is 0. The maximum Gasteiger partial charge on any atom is 2.00 e. The predicted molar refractivity (Wildman–Crippen MR) is 234 cm³/mol. The smallest absolute Gasteiger partial charge is 0.493 e. The first kappa shape index (κ1) is 51.2. The van der Waals surface area contributed by atoms with Crippen LogP contribution >= 0.6 is 0 Å². The fraction of sp³-hybridized carbons (Fsp3) is 0.640. The molecule has 2 nitrogen and oxygen atoms in total. The number of hydrogen-bond acceptors (Lipinski definition) is 0. The average molecular weight is 818 g/mol. The van der Waals surface area contributed by atoms with Crippen LogP contribution in [-0.2, 0) is 33.3 Å². The van der Waals surface area contributed by atoms with E-state index in [4.69, 9.17) is 0 Å². The standard InChI is InChI=1S/C48H76N2.2CH3.Pd/c1-9-12-15-18-21-22-23-26-29-32-46-41(8)47(42-33-37(4)44(38(5)34-42)30-27-24-19-16-13-10-2)50(49)48(46)43-35-39(6)45(40(7)36-43)31-28-25-20-17-14-11-3;;;/h33-36H,9-32H2,1-8H3;2*1H3;/q;2*-1;+2. The SMILES string of the molecule is CCCCCCCCCCCC1=C(c2cc(C)c(CCCCCCCC)c(C)c2)[N+](=[N-])C(c2cc(C)c(CCCCCCCC)c(C)c2)=C1C.[CH3-].[CH3-].[Pd+2]. The van der Waals surface area contributed by atoms with E-state index in [-0.39, 0.29) is 35.3 Å². The van der Waals surface area contributed by atoms with Crippen LogP contribution in [0.3, 0.4) is 0 Å². The number of benzene rings is 2. The minimum absolute atomic E-state index is 0. The second-order valence-electron chi connectivity index (χ2n) is 15.9. The largest absolute Gasteiger partial charge is 2.00 e. The Hall–Kier alpha value is -1.82. The molecule has 0 amide bonds. The zero-order valence-electron chi connectivity index (χ0n) is 36.5. The summed E-state index contributed by atoms with van der Waals surface area (Å²) in [7, 11) is 0. The molecule has 0 fully saturated rings. The van der Waals surface area contributed by atoms with E-state index in [2.05, 4.69) is 79.7 Å². The Labute approximate surface area is 344 Å². The summed E-state index contributed by atoms with van der Waals surface area (Å²) >= 11 is 0. The van der Waals surface area contributed by atoms with Crippen LogP contribution in [0.5, 0.6) is 0 Å². The molecule has 0 bridgehead atoms. The molecule has 3 rings (SSSR count). The molecule has 0 aliphatic carbocycles. The number of hydrogen-bond donors (Lipinski definition) is 0. The molecule has 1 heterocycles. The van der Waals surface area contributed by atoms with Crippen molar-refractivity contribution in [1.82, 2.24) is 0 Å². The van der Waals surface area contributed by atoms with Gasteiger partial charge in [0.15, 0.2) is 0 Å². The summed E-state index contributed by atoms with van der Waals surface area (Å²) in [6.45, 7) is 18.3. The van der Waals surface area contributed by atoms with Gasteiger partial charge in [0.25, 0.3) is 0 Å². The second kappa shape index (κ2) is 28.6. The van der Waals surface area contributed by atoms with Gasteiger partial charge in [-0.2, -0.15) is 0 Å². The Kier molecular flexibility index (Phi) is 27.6. The van der Waals surface area contributed by atoms with Gasteiger partial charge in [0.05, 0.1) is 0 Å². The van der Waals surface area contributed by atoms with Crippen molar-refractivity contribution in [3.63, 3.8) is 0 Å². The van der Waals surface area contributed by atoms with Gasteiger partial charge in [0.1, 0.15) is 0 Å². The Bertz CT molecular complexity index is 1360. The third-order valence-corrected chi connectivity index (χ3v) is 11.5. The molecule has 0 saturated carbocycles. The molecule has 0 atom stereocenters. The molecule has 0 N–H and O–H groups in total. The molecule has 0 radical (unpaired) electrons. The normalized spacial score (nSPS) is 12.6. The molecule has 2 aromatic rings. The van der Waals surface area contributed by atoms with Crippen LogP contribution < -0.4 is 0 Å². The van der Waals surface area contributed by atoms with Gasteiger partial charge in [-0.15, -0.1) is 0 Å². The van der Waals surface area contributed by atoms with Crippen LogP contribution in [-0.4, -0.2) is 4.70 Å². The molecule has 1 aliphatic rings. The van der Waals surface area contributed by atoms with E-state index in [0.29, 0.717) is 0 Å². The number of allylic oxidation sites excluding steroid dienone is 2. The topological polar surface area (TPSA) is 25.3 Å². The van der Waals surface area contributed by atoms with E-state index in [1.54, 1.807) is 4.70 Å². The van der Waals surface area contributed by atoms with Crippen molar-refractivity contribution in [2.75, 3.05) is 0 Å². The second-order valence-corrected chi connectivity index (χ2v) is 15.9. The van der Waals surface area contributed by atoms with E-state index in [1.165, 1.54) is 185 Å². The zero-order valence-corrected chi connectivity index (χ0v) is 38.0. The third-order valence-electron chi connectivity index (χ3n) is 11.5. The van der Waals surface area contributed by atoms with E-state index in [1.807, 2.05) is 0 Å². The van der Waals surface area contributed by atoms with Crippen LogP contribution in [0.25, 0.3) is 16.9 Å². The van der Waals surface area contributed by atoms with Crippen molar-refractivity contribution in [3.05, 3.63) is 100 Å². The van der Waals surface area contributed by atoms with Crippen LogP contribution in [0.15, 0.2) is 35.4 Å². The molecule has 2 aromatic carbocycles. The average Bonchev–Trinajstić information content (AvgIpc) is 3.33. The Morgan fingerprint density at radius 1 is 0.415 bits per heavy atom. The van der Waals surface area contributed by atoms with Gasteiger partial charge in [0.2, 0.25) is 11.4 Å². The van der Waals surface area contributed by atoms with Gasteiger partial charge < -0.3 is 20.4 Å². The summed E-state index contributed by atoms with van der Waals surface area (Å²) in [5.41, 5.74) is 27.5. The van der Waals surface area contributed by atoms with Crippen LogP contribution in [0.2, 0.25) is 0 Å². The van der Waals surface area contributed by atoms with E-state index in [0.717, 1.165) is 36.2 Å². The zero-order chi connectivity index (χ0) is 36.3. The molecule has 0 aromatic heterocycles. The van der Waals surface area contributed by atoms with E-state index >= 15 is 0 Å². The van der Waals surface area contributed by atoms with Gasteiger partial charge in [-0.05, 0) is 131 Å². The minimum Gasteiger partial charge on any atom is -0.493 e. The van der Waals surface area contributed by atoms with Gasteiger partial charge >= 0.3 is 20.4 Å². The molecule has 0 spiro atoms. The Morgan fingerprint density at radius 2 is 0.698 bits per heavy atom. The maximum absolute atomic E-state index is 12.1. The van der Waals surface area contributed by atoms with Crippen molar-refractivity contribution in [3.8, 4) is 0 Å². The molecule has 0 saturated heterocycles. The predicted octanol–water partition coefficient (Wildman–Crippen LogP) is 16.7. The Morgan fingerprint density at radius 3 is 1.04 bits per heavy atom. The van der Waals surface area contributed by atoms with Gasteiger partial charge in [-0.25, -0.2) is 4.70 Å². The monoisotopic (exact) mass is 817 g/mol. The van der Waals surface area contributed by atoms with Gasteiger partial charge in [-0.1, -0.05) is 136 Å². The molecule has 53 heavy (non-hydrogen) atoms. The number of aryl methyl sites for hydroxylation is 4. The summed E-state index contributed by atoms with van der Waals surface area (Å²) in [4.78, 5) is 0. The van der Waals surface area contributed by atoms with Crippen molar-refractivity contribution >= 4 is 11.4 Å². The van der Waals surface area contributed by atoms with Crippen LogP contribution in [0, 0.1) is 42.5 Å². The molecule has 0 unspecified atom stereocenters. The Balaban J connectivity index is 0.00000901. The van der Waals surface area contributed by atoms with Gasteiger partial charge in [0, 0.05) is 22.3 Å². The number of unbranched alkanes of at least 4 members (excludes halogenated alkanes) is 18. The van der Waals surface area contributed by atoms with Crippen molar-refractivity contribution in [1.29, 1.82) is 0 Å². The third kappa shape index (κ3) is 16.1. The first-order chi connectivity index (χ1) is 24.2. The number of nitrogens with zero attached hydrogens (tertiary/aromatic N) is 2. The first-order valence-corrected chi connectivity index (χ1v) is 21.4. The molecule has 302 valence electrons. The van der Waals surface area contributed by atoms with Crippen LogP contribution in [0.1, 0.15) is 213 Å². The van der Waals surface area contributed by atoms with E-state index < -0.39 is 0 Å². The first-order valence-electron chi connectivity index (χ1n) is 21.4. The quantitative estimate of drug-likeness (QED) is 0.0391. The number of rotatable bonds is 26. The van der Waals surface area contributed by atoms with Crippen molar-refractivity contribution < 1.29 is 25.1 Å². The van der Waals surface area contributed by atoms with Crippen molar-refractivity contribution in [2.24, 2.45) is 0 Å². The summed E-state index contributed by atoms with van der Waals surface area (Å²) in [5, 5.41) is 0. The fourth-order valence-corrected chi connectivity index (χ4v) is 8.49.